The van der Waals surface area contributed by atoms with E-state index in [0.717, 1.165) is 30.0 Å². The average Bonchev–Trinajstić information content (AvgIpc) is 3.09. The van der Waals surface area contributed by atoms with Crippen molar-refractivity contribution < 1.29 is 23.8 Å². The van der Waals surface area contributed by atoms with Gasteiger partial charge in [0.05, 0.1) is 26.9 Å². The van der Waals surface area contributed by atoms with Crippen LogP contribution in [0.5, 0.6) is 17.2 Å². The molecule has 0 aliphatic carbocycles. The second-order valence-electron chi connectivity index (χ2n) is 7.25. The zero-order valence-corrected chi connectivity index (χ0v) is 18.6. The minimum atomic E-state index is -0.536. The third-order valence-electron chi connectivity index (χ3n) is 5.22. The van der Waals surface area contributed by atoms with Crippen molar-refractivity contribution in [2.24, 2.45) is 5.73 Å². The second kappa shape index (κ2) is 8.93. The normalized spacial score (nSPS) is 13.7. The molecule has 162 valence electrons. The average molecular weight is 434 g/mol. The Balaban J connectivity index is 1.95. The Bertz CT molecular complexity index is 945. The summed E-state index contributed by atoms with van der Waals surface area (Å²) in [6.07, 6.45) is 0.725. The number of thiophene rings is 1. The molecular weight excluding hydrogens is 406 g/mol. The summed E-state index contributed by atoms with van der Waals surface area (Å²) < 4.78 is 15.9. The van der Waals surface area contributed by atoms with E-state index in [2.05, 4.69) is 24.1 Å². The smallest absolute Gasteiger partial charge is 0.256 e. The van der Waals surface area contributed by atoms with Crippen LogP contribution in [0.1, 0.15) is 45.0 Å². The first kappa shape index (κ1) is 21.9. The standard InChI is InChI=1S/C21H27N3O5S/c1-11(2)24-7-6-13-16(10-24)30-21(17(13)19(22)25)23-20(26)12-8-14(27-3)18(29-5)15(9-12)28-4/h8-9,11H,6-7,10H2,1-5H3,(H2,22,25)(H,23,26). The summed E-state index contributed by atoms with van der Waals surface area (Å²) in [5.41, 5.74) is 7.32. The van der Waals surface area contributed by atoms with Gasteiger partial charge in [-0.05, 0) is 38.0 Å². The highest BCUT2D eigenvalue weighted by molar-refractivity contribution is 7.17. The highest BCUT2D eigenvalue weighted by atomic mass is 32.1. The van der Waals surface area contributed by atoms with Gasteiger partial charge in [0.2, 0.25) is 5.75 Å². The van der Waals surface area contributed by atoms with Crippen LogP contribution >= 0.6 is 11.3 Å². The second-order valence-corrected chi connectivity index (χ2v) is 8.36. The number of nitrogens with two attached hydrogens (primary N) is 1. The van der Waals surface area contributed by atoms with E-state index in [1.165, 1.54) is 32.7 Å². The largest absolute Gasteiger partial charge is 0.493 e. The summed E-state index contributed by atoms with van der Waals surface area (Å²) >= 11 is 1.40. The minimum absolute atomic E-state index is 0.315. The number of carbonyl (C=O) groups is 2. The van der Waals surface area contributed by atoms with Crippen LogP contribution < -0.4 is 25.3 Å². The van der Waals surface area contributed by atoms with Crippen LogP contribution in [0.4, 0.5) is 5.00 Å². The molecule has 2 heterocycles. The number of hydrogen-bond acceptors (Lipinski definition) is 7. The number of nitrogens with one attached hydrogen (secondary N) is 1. The van der Waals surface area contributed by atoms with Gasteiger partial charge in [0.15, 0.2) is 11.5 Å². The lowest BCUT2D eigenvalue weighted by molar-refractivity contribution is 0.0999. The van der Waals surface area contributed by atoms with E-state index in [0.29, 0.717) is 39.4 Å². The lowest BCUT2D eigenvalue weighted by Gasteiger charge is -2.30. The number of rotatable bonds is 7. The van der Waals surface area contributed by atoms with E-state index in [4.69, 9.17) is 19.9 Å². The Labute approximate surface area is 179 Å². The van der Waals surface area contributed by atoms with Crippen molar-refractivity contribution in [2.45, 2.75) is 32.9 Å². The molecule has 0 saturated carbocycles. The molecule has 8 nitrogen and oxygen atoms in total. The Morgan fingerprint density at radius 3 is 2.27 bits per heavy atom. The summed E-state index contributed by atoms with van der Waals surface area (Å²) in [6.45, 7) is 5.86. The van der Waals surface area contributed by atoms with Crippen molar-refractivity contribution in [3.8, 4) is 17.2 Å². The maximum Gasteiger partial charge on any atom is 0.256 e. The van der Waals surface area contributed by atoms with Gasteiger partial charge in [0.25, 0.3) is 11.8 Å². The molecule has 1 aromatic carbocycles. The fraction of sp³-hybridized carbons (Fsp3) is 0.429. The number of ether oxygens (including phenoxy) is 3. The first-order valence-corrected chi connectivity index (χ1v) is 10.4. The highest BCUT2D eigenvalue weighted by Gasteiger charge is 2.29. The van der Waals surface area contributed by atoms with Gasteiger partial charge in [-0.3, -0.25) is 14.5 Å². The van der Waals surface area contributed by atoms with Gasteiger partial charge < -0.3 is 25.3 Å². The summed E-state index contributed by atoms with van der Waals surface area (Å²) in [5.74, 6) is 0.210. The van der Waals surface area contributed by atoms with Crippen molar-refractivity contribution in [1.82, 2.24) is 4.90 Å². The molecule has 2 amide bonds. The number of anilines is 1. The van der Waals surface area contributed by atoms with Crippen molar-refractivity contribution >= 4 is 28.2 Å². The predicted molar refractivity (Wildman–Crippen MR) is 116 cm³/mol. The van der Waals surface area contributed by atoms with Crippen molar-refractivity contribution in [3.63, 3.8) is 0 Å². The van der Waals surface area contributed by atoms with Gasteiger partial charge in [-0.25, -0.2) is 0 Å². The fourth-order valence-corrected chi connectivity index (χ4v) is 4.87. The monoisotopic (exact) mass is 433 g/mol. The SMILES string of the molecule is COc1cc(C(=O)Nc2sc3c(c2C(N)=O)CCN(C(C)C)C3)cc(OC)c1OC. The van der Waals surface area contributed by atoms with E-state index in [-0.39, 0.29) is 0 Å². The third-order valence-corrected chi connectivity index (χ3v) is 6.35. The topological polar surface area (TPSA) is 103 Å². The van der Waals surface area contributed by atoms with Crippen LogP contribution in [-0.4, -0.2) is 50.6 Å². The Hall–Kier alpha value is -2.78. The molecule has 0 bridgehead atoms. The summed E-state index contributed by atoms with van der Waals surface area (Å²) in [5, 5.41) is 3.33. The van der Waals surface area contributed by atoms with Crippen molar-refractivity contribution in [1.29, 1.82) is 0 Å². The van der Waals surface area contributed by atoms with Crippen LogP contribution in [0, 0.1) is 0 Å². The van der Waals surface area contributed by atoms with Gasteiger partial charge in [-0.2, -0.15) is 0 Å². The molecule has 0 atom stereocenters. The molecule has 9 heteroatoms. The number of fused-ring (bicyclic) bond motifs is 1. The first-order valence-electron chi connectivity index (χ1n) is 9.60. The molecule has 2 aromatic rings. The number of amides is 2. The van der Waals surface area contributed by atoms with Crippen LogP contribution in [0.3, 0.4) is 0 Å². The lowest BCUT2D eigenvalue weighted by Crippen LogP contribution is -2.35. The maximum atomic E-state index is 13.0. The van der Waals surface area contributed by atoms with Crippen LogP contribution in [-0.2, 0) is 13.0 Å². The van der Waals surface area contributed by atoms with Gasteiger partial charge in [-0.1, -0.05) is 0 Å². The molecule has 3 rings (SSSR count). The molecule has 0 saturated heterocycles. The Morgan fingerprint density at radius 1 is 1.13 bits per heavy atom. The third kappa shape index (κ3) is 4.08. The fourth-order valence-electron chi connectivity index (χ4n) is 3.60. The molecule has 0 radical (unpaired) electrons. The minimum Gasteiger partial charge on any atom is -0.493 e. The molecular formula is C21H27N3O5S. The summed E-state index contributed by atoms with van der Waals surface area (Å²) in [6, 6.07) is 3.53. The summed E-state index contributed by atoms with van der Waals surface area (Å²) in [4.78, 5) is 28.6. The molecule has 1 aliphatic heterocycles. The Kier molecular flexibility index (Phi) is 6.52. The number of hydrogen-bond donors (Lipinski definition) is 2. The summed E-state index contributed by atoms with van der Waals surface area (Å²) in [7, 11) is 4.46. The number of methoxy groups -OCH3 is 3. The van der Waals surface area contributed by atoms with Gasteiger partial charge >= 0.3 is 0 Å². The van der Waals surface area contributed by atoms with E-state index < -0.39 is 11.8 Å². The molecule has 0 spiro atoms. The van der Waals surface area contributed by atoms with Gasteiger partial charge in [0, 0.05) is 29.6 Å². The van der Waals surface area contributed by atoms with Gasteiger partial charge in [0.1, 0.15) is 5.00 Å². The first-order chi connectivity index (χ1) is 14.3. The molecule has 0 fully saturated rings. The van der Waals surface area contributed by atoms with Crippen molar-refractivity contribution in [2.75, 3.05) is 33.2 Å². The van der Waals surface area contributed by atoms with Gasteiger partial charge in [-0.15, -0.1) is 11.3 Å². The molecule has 0 unspecified atom stereocenters. The lowest BCUT2D eigenvalue weighted by atomic mass is 10.0. The maximum absolute atomic E-state index is 13.0. The highest BCUT2D eigenvalue weighted by Crippen LogP contribution is 2.40. The van der Waals surface area contributed by atoms with Crippen LogP contribution in [0.25, 0.3) is 0 Å². The zero-order valence-electron chi connectivity index (χ0n) is 17.8. The van der Waals surface area contributed by atoms with E-state index in [9.17, 15) is 9.59 Å². The van der Waals surface area contributed by atoms with Crippen LogP contribution in [0.15, 0.2) is 12.1 Å². The zero-order chi connectivity index (χ0) is 22.0. The number of carbonyl (C=O) groups excluding carboxylic acids is 2. The predicted octanol–water partition coefficient (Wildman–Crippen LogP) is 2.89. The number of nitrogens with zero attached hydrogens (tertiary/aromatic N) is 1. The number of benzene rings is 1. The quantitative estimate of drug-likeness (QED) is 0.696. The molecule has 30 heavy (non-hydrogen) atoms. The molecule has 3 N–H and O–H groups in total. The molecule has 1 aromatic heterocycles. The van der Waals surface area contributed by atoms with Crippen molar-refractivity contribution in [3.05, 3.63) is 33.7 Å². The van der Waals surface area contributed by atoms with E-state index in [1.54, 1.807) is 12.1 Å². The van der Waals surface area contributed by atoms with E-state index in [1.807, 2.05) is 0 Å². The van der Waals surface area contributed by atoms with E-state index >= 15 is 0 Å². The molecule has 1 aliphatic rings. The Morgan fingerprint density at radius 2 is 1.77 bits per heavy atom. The number of primary amides is 1. The van der Waals surface area contributed by atoms with Crippen LogP contribution in [0.2, 0.25) is 0 Å².